The van der Waals surface area contributed by atoms with E-state index in [0.29, 0.717) is 0 Å². The summed E-state index contributed by atoms with van der Waals surface area (Å²) in [6.45, 7) is 0. The molecule has 0 atom stereocenters. The monoisotopic (exact) mass is 419 g/mol. The second-order valence-electron chi connectivity index (χ2n) is 4.86. The fourth-order valence-corrected chi connectivity index (χ4v) is 2.06. The zero-order chi connectivity index (χ0) is 16.5. The maximum absolute atomic E-state index is 4.19. The van der Waals surface area contributed by atoms with Gasteiger partial charge in [-0.1, -0.05) is 24.3 Å². The van der Waals surface area contributed by atoms with Gasteiger partial charge in [0.25, 0.3) is 0 Å². The van der Waals surface area contributed by atoms with E-state index in [2.05, 4.69) is 19.9 Å². The molecule has 4 heterocycles. The van der Waals surface area contributed by atoms with Crippen LogP contribution in [-0.4, -0.2) is 19.9 Å². The molecule has 127 valence electrons. The first-order valence-electron chi connectivity index (χ1n) is 7.58. The third kappa shape index (κ3) is 5.72. The second-order valence-corrected chi connectivity index (χ2v) is 4.86. The molecule has 4 aromatic rings. The Morgan fingerprint density at radius 2 is 0.600 bits per heavy atom. The minimum Gasteiger partial charge on any atom is -0.255 e. The van der Waals surface area contributed by atoms with Crippen molar-refractivity contribution in [2.45, 2.75) is 0 Å². The first-order chi connectivity index (χ1) is 11.9. The van der Waals surface area contributed by atoms with Crippen LogP contribution in [0.4, 0.5) is 0 Å². The van der Waals surface area contributed by atoms with Crippen LogP contribution in [0.3, 0.4) is 0 Å². The summed E-state index contributed by atoms with van der Waals surface area (Å²) < 4.78 is 0. The van der Waals surface area contributed by atoms with Crippen LogP contribution in [0.25, 0.3) is 22.8 Å². The standard InChI is InChI=1S/2C10H8N2.Ag/c2*1-3-7-11-9(5-1)10-6-2-4-8-12-10;/h2*1-8H;. The minimum absolute atomic E-state index is 0. The number of nitrogens with zero attached hydrogens (tertiary/aromatic N) is 4. The Morgan fingerprint density at radius 1 is 0.360 bits per heavy atom. The summed E-state index contributed by atoms with van der Waals surface area (Å²) in [5, 5.41) is 0. The summed E-state index contributed by atoms with van der Waals surface area (Å²) in [5.74, 6) is 0. The van der Waals surface area contributed by atoms with E-state index in [1.165, 1.54) is 0 Å². The Bertz CT molecular complexity index is 692. The Balaban J connectivity index is 0.000000173. The number of aromatic nitrogens is 4. The largest absolute Gasteiger partial charge is 0.255 e. The van der Waals surface area contributed by atoms with Gasteiger partial charge in [0.15, 0.2) is 0 Å². The molecule has 0 aliphatic heterocycles. The maximum Gasteiger partial charge on any atom is 0.0886 e. The van der Waals surface area contributed by atoms with E-state index >= 15 is 0 Å². The predicted octanol–water partition coefficient (Wildman–Crippen LogP) is 4.28. The zero-order valence-electron chi connectivity index (χ0n) is 13.3. The van der Waals surface area contributed by atoms with Crippen LogP contribution < -0.4 is 0 Å². The van der Waals surface area contributed by atoms with E-state index in [4.69, 9.17) is 0 Å². The second kappa shape index (κ2) is 10.3. The molecule has 0 bridgehead atoms. The molecule has 4 aromatic heterocycles. The van der Waals surface area contributed by atoms with E-state index in [9.17, 15) is 0 Å². The van der Waals surface area contributed by atoms with Gasteiger partial charge in [0.1, 0.15) is 0 Å². The molecule has 0 saturated carbocycles. The number of pyridine rings is 4. The van der Waals surface area contributed by atoms with Crippen molar-refractivity contribution < 1.29 is 22.4 Å². The summed E-state index contributed by atoms with van der Waals surface area (Å²) in [6, 6.07) is 23.2. The zero-order valence-corrected chi connectivity index (χ0v) is 14.8. The molecule has 0 aromatic carbocycles. The summed E-state index contributed by atoms with van der Waals surface area (Å²) in [4.78, 5) is 16.7. The van der Waals surface area contributed by atoms with Gasteiger partial charge in [-0.25, -0.2) is 0 Å². The molecule has 0 unspecified atom stereocenters. The summed E-state index contributed by atoms with van der Waals surface area (Å²) >= 11 is 0. The molecule has 25 heavy (non-hydrogen) atoms. The average Bonchev–Trinajstić information content (AvgIpc) is 2.71. The van der Waals surface area contributed by atoms with E-state index in [1.54, 1.807) is 24.8 Å². The molecule has 1 radical (unpaired) electrons. The Morgan fingerprint density at radius 3 is 0.760 bits per heavy atom. The number of hydrogen-bond acceptors (Lipinski definition) is 4. The Kier molecular flexibility index (Phi) is 7.66. The van der Waals surface area contributed by atoms with Crippen molar-refractivity contribution in [1.29, 1.82) is 0 Å². The molecule has 5 heteroatoms. The van der Waals surface area contributed by atoms with Crippen molar-refractivity contribution in [3.05, 3.63) is 97.6 Å². The van der Waals surface area contributed by atoms with Gasteiger partial charge in [-0.15, -0.1) is 0 Å². The molecular formula is C20H16AgN4. The molecule has 0 N–H and O–H groups in total. The minimum atomic E-state index is 0. The molecule has 4 nitrogen and oxygen atoms in total. The molecule has 0 amide bonds. The van der Waals surface area contributed by atoms with Crippen LogP contribution in [0.15, 0.2) is 97.6 Å². The number of rotatable bonds is 2. The fourth-order valence-electron chi connectivity index (χ4n) is 2.06. The van der Waals surface area contributed by atoms with Crippen molar-refractivity contribution in [1.82, 2.24) is 19.9 Å². The maximum atomic E-state index is 4.19. The third-order valence-electron chi connectivity index (χ3n) is 3.18. The Hall–Kier alpha value is -2.66. The van der Waals surface area contributed by atoms with Gasteiger partial charge >= 0.3 is 0 Å². The summed E-state index contributed by atoms with van der Waals surface area (Å²) in [6.07, 6.45) is 7.07. The smallest absolute Gasteiger partial charge is 0.0886 e. The van der Waals surface area contributed by atoms with Crippen molar-refractivity contribution in [3.8, 4) is 22.8 Å². The topological polar surface area (TPSA) is 51.6 Å². The van der Waals surface area contributed by atoms with Crippen LogP contribution in [0.5, 0.6) is 0 Å². The molecule has 4 rings (SSSR count). The Labute approximate surface area is 162 Å². The van der Waals surface area contributed by atoms with Crippen LogP contribution in [0.1, 0.15) is 0 Å². The van der Waals surface area contributed by atoms with Crippen LogP contribution in [0.2, 0.25) is 0 Å². The van der Waals surface area contributed by atoms with Crippen molar-refractivity contribution in [2.24, 2.45) is 0 Å². The molecule has 0 saturated heterocycles. The van der Waals surface area contributed by atoms with Crippen LogP contribution >= 0.6 is 0 Å². The SMILES string of the molecule is [Ag].c1ccc(-c2ccccn2)nc1.c1ccc(-c2ccccn2)nc1. The van der Waals surface area contributed by atoms with E-state index in [-0.39, 0.29) is 22.4 Å². The molecule has 0 spiro atoms. The van der Waals surface area contributed by atoms with Gasteiger partial charge in [-0.2, -0.15) is 0 Å². The van der Waals surface area contributed by atoms with E-state index < -0.39 is 0 Å². The first kappa shape index (κ1) is 18.7. The van der Waals surface area contributed by atoms with Gasteiger partial charge < -0.3 is 0 Å². The van der Waals surface area contributed by atoms with E-state index in [1.807, 2.05) is 72.8 Å². The van der Waals surface area contributed by atoms with Gasteiger partial charge in [0, 0.05) is 47.2 Å². The average molecular weight is 420 g/mol. The van der Waals surface area contributed by atoms with Gasteiger partial charge in [0.05, 0.1) is 22.8 Å². The molecular weight excluding hydrogens is 404 g/mol. The summed E-state index contributed by atoms with van der Waals surface area (Å²) in [7, 11) is 0. The third-order valence-corrected chi connectivity index (χ3v) is 3.18. The van der Waals surface area contributed by atoms with Crippen LogP contribution in [-0.2, 0) is 22.4 Å². The quantitative estimate of drug-likeness (QED) is 0.455. The molecule has 0 fully saturated rings. The van der Waals surface area contributed by atoms with Crippen LogP contribution in [0, 0.1) is 0 Å². The molecule has 0 aliphatic rings. The van der Waals surface area contributed by atoms with Crippen molar-refractivity contribution >= 4 is 0 Å². The fraction of sp³-hybridized carbons (Fsp3) is 0. The predicted molar refractivity (Wildman–Crippen MR) is 94.9 cm³/mol. The van der Waals surface area contributed by atoms with E-state index in [0.717, 1.165) is 22.8 Å². The van der Waals surface area contributed by atoms with Crippen molar-refractivity contribution in [3.63, 3.8) is 0 Å². The van der Waals surface area contributed by atoms with Gasteiger partial charge in [0.2, 0.25) is 0 Å². The van der Waals surface area contributed by atoms with Gasteiger partial charge in [-0.05, 0) is 48.5 Å². The number of hydrogen-bond donors (Lipinski definition) is 0. The normalized spacial score (nSPS) is 9.28. The summed E-state index contributed by atoms with van der Waals surface area (Å²) in [5.41, 5.74) is 3.66. The van der Waals surface area contributed by atoms with Gasteiger partial charge in [-0.3, -0.25) is 19.9 Å². The first-order valence-corrected chi connectivity index (χ1v) is 7.58. The molecule has 0 aliphatic carbocycles. The van der Waals surface area contributed by atoms with Crippen molar-refractivity contribution in [2.75, 3.05) is 0 Å².